The second-order valence-corrected chi connectivity index (χ2v) is 4.64. The van der Waals surface area contributed by atoms with E-state index in [1.54, 1.807) is 5.32 Å². The maximum atomic E-state index is 12.2. The first kappa shape index (κ1) is 16.5. The molecule has 0 radical (unpaired) electrons. The van der Waals surface area contributed by atoms with Gasteiger partial charge < -0.3 is 15.7 Å². The number of nitrogens with one attached hydrogen (secondary N) is 2. The van der Waals surface area contributed by atoms with Gasteiger partial charge in [0.1, 0.15) is 6.04 Å². The van der Waals surface area contributed by atoms with Crippen LogP contribution in [0.2, 0.25) is 0 Å². The van der Waals surface area contributed by atoms with Crippen molar-refractivity contribution in [1.29, 1.82) is 0 Å². The van der Waals surface area contributed by atoms with Crippen LogP contribution in [0.4, 0.5) is 18.0 Å². The minimum atomic E-state index is -4.51. The van der Waals surface area contributed by atoms with E-state index in [9.17, 15) is 22.8 Å². The van der Waals surface area contributed by atoms with Gasteiger partial charge in [-0.05, 0) is 27.2 Å². The highest BCUT2D eigenvalue weighted by atomic mass is 19.4. The zero-order valence-corrected chi connectivity index (χ0v) is 10.4. The minimum absolute atomic E-state index is 0.121. The van der Waals surface area contributed by atoms with Crippen LogP contribution in [-0.2, 0) is 4.79 Å². The Balaban J connectivity index is 4.26. The molecule has 0 aliphatic heterocycles. The quantitative estimate of drug-likeness (QED) is 0.713. The predicted octanol–water partition coefficient (Wildman–Crippen LogP) is 1.88. The zero-order chi connectivity index (χ0) is 14.6. The van der Waals surface area contributed by atoms with Gasteiger partial charge in [0.2, 0.25) is 0 Å². The molecule has 0 aromatic heterocycles. The van der Waals surface area contributed by atoms with Gasteiger partial charge in [-0.2, -0.15) is 13.2 Å². The fraction of sp³-hybridized carbons (Fsp3) is 0.800. The van der Waals surface area contributed by atoms with Crippen LogP contribution < -0.4 is 10.6 Å². The standard InChI is InChI=1S/C10H17F3N2O3/c1-6(10(11,12)13)14-8(18)15-9(2,3)5-4-7(16)17/h6H,4-5H2,1-3H3,(H,16,17)(H2,14,15,18). The largest absolute Gasteiger partial charge is 0.481 e. The molecule has 18 heavy (non-hydrogen) atoms. The van der Waals surface area contributed by atoms with Gasteiger partial charge >= 0.3 is 18.2 Å². The smallest absolute Gasteiger partial charge is 0.408 e. The third-order valence-corrected chi connectivity index (χ3v) is 2.25. The maximum Gasteiger partial charge on any atom is 0.408 e. The summed E-state index contributed by atoms with van der Waals surface area (Å²) in [5, 5.41) is 12.5. The van der Waals surface area contributed by atoms with Gasteiger partial charge in [-0.1, -0.05) is 0 Å². The Morgan fingerprint density at radius 3 is 2.17 bits per heavy atom. The Morgan fingerprint density at radius 2 is 1.78 bits per heavy atom. The summed E-state index contributed by atoms with van der Waals surface area (Å²) in [6, 6.07) is -2.94. The number of carbonyl (C=O) groups excluding carboxylic acids is 1. The number of rotatable bonds is 5. The van der Waals surface area contributed by atoms with Crippen molar-refractivity contribution in [2.75, 3.05) is 0 Å². The van der Waals surface area contributed by atoms with E-state index in [0.717, 1.165) is 6.92 Å². The summed E-state index contributed by atoms with van der Waals surface area (Å²) < 4.78 is 36.5. The minimum Gasteiger partial charge on any atom is -0.481 e. The maximum absolute atomic E-state index is 12.2. The summed E-state index contributed by atoms with van der Waals surface area (Å²) in [5.74, 6) is -1.03. The lowest BCUT2D eigenvalue weighted by Crippen LogP contribution is -2.53. The summed E-state index contributed by atoms with van der Waals surface area (Å²) in [5.41, 5.74) is -0.895. The Hall–Kier alpha value is -1.47. The molecule has 0 heterocycles. The fourth-order valence-electron chi connectivity index (χ4n) is 1.10. The first-order chi connectivity index (χ1) is 7.94. The van der Waals surface area contributed by atoms with Crippen LogP contribution in [0, 0.1) is 0 Å². The lowest BCUT2D eigenvalue weighted by Gasteiger charge is -2.27. The molecular formula is C10H17F3N2O3. The molecule has 0 aromatic rings. The van der Waals surface area contributed by atoms with E-state index in [4.69, 9.17) is 5.11 Å². The molecule has 5 nitrogen and oxygen atoms in total. The average Bonchev–Trinajstić information content (AvgIpc) is 2.12. The number of urea groups is 1. The molecule has 0 saturated heterocycles. The average molecular weight is 270 g/mol. The van der Waals surface area contributed by atoms with E-state index in [2.05, 4.69) is 5.32 Å². The van der Waals surface area contributed by atoms with Gasteiger partial charge in [0.05, 0.1) is 0 Å². The van der Waals surface area contributed by atoms with Gasteiger partial charge in [-0.25, -0.2) is 4.79 Å². The molecule has 1 atom stereocenters. The van der Waals surface area contributed by atoms with Crippen LogP contribution in [0.15, 0.2) is 0 Å². The van der Waals surface area contributed by atoms with Crippen molar-refractivity contribution < 1.29 is 27.9 Å². The first-order valence-corrected chi connectivity index (χ1v) is 5.31. The van der Waals surface area contributed by atoms with E-state index in [1.165, 1.54) is 13.8 Å². The molecule has 0 spiro atoms. The lowest BCUT2D eigenvalue weighted by atomic mass is 9.99. The van der Waals surface area contributed by atoms with Gasteiger partial charge in [0, 0.05) is 12.0 Å². The summed E-state index contributed by atoms with van der Waals surface area (Å²) >= 11 is 0. The van der Waals surface area contributed by atoms with Crippen LogP contribution in [0.1, 0.15) is 33.6 Å². The van der Waals surface area contributed by atoms with Crippen molar-refractivity contribution in [2.45, 2.75) is 51.4 Å². The summed E-state index contributed by atoms with van der Waals surface area (Å²) in [7, 11) is 0. The highest BCUT2D eigenvalue weighted by Crippen LogP contribution is 2.19. The van der Waals surface area contributed by atoms with Crippen molar-refractivity contribution in [2.24, 2.45) is 0 Å². The third-order valence-electron chi connectivity index (χ3n) is 2.25. The molecule has 1 unspecified atom stereocenters. The normalized spacial score (nSPS) is 13.9. The first-order valence-electron chi connectivity index (χ1n) is 5.31. The number of carbonyl (C=O) groups is 2. The number of hydrogen-bond acceptors (Lipinski definition) is 2. The summed E-state index contributed by atoms with van der Waals surface area (Å²) in [6.45, 7) is 3.89. The molecule has 0 saturated carbocycles. The van der Waals surface area contributed by atoms with Crippen LogP contribution >= 0.6 is 0 Å². The molecule has 0 aromatic carbocycles. The highest BCUT2D eigenvalue weighted by Gasteiger charge is 2.37. The van der Waals surface area contributed by atoms with Crippen molar-refractivity contribution in [3.63, 3.8) is 0 Å². The molecule has 0 aliphatic rings. The Kier molecular flexibility index (Phi) is 5.44. The number of amides is 2. The van der Waals surface area contributed by atoms with Gasteiger partial charge in [0.25, 0.3) is 0 Å². The predicted molar refractivity (Wildman–Crippen MR) is 58.1 cm³/mol. The van der Waals surface area contributed by atoms with Crippen LogP contribution in [-0.4, -0.2) is 34.9 Å². The molecule has 3 N–H and O–H groups in total. The van der Waals surface area contributed by atoms with E-state index >= 15 is 0 Å². The number of alkyl halides is 3. The zero-order valence-electron chi connectivity index (χ0n) is 10.4. The number of aliphatic carboxylic acids is 1. The van der Waals surface area contributed by atoms with Crippen molar-refractivity contribution in [3.8, 4) is 0 Å². The van der Waals surface area contributed by atoms with Crippen molar-refractivity contribution in [1.82, 2.24) is 10.6 Å². The SMILES string of the molecule is CC(NC(=O)NC(C)(C)CCC(=O)O)C(F)(F)F. The lowest BCUT2D eigenvalue weighted by molar-refractivity contribution is -0.148. The molecule has 0 rings (SSSR count). The van der Waals surface area contributed by atoms with E-state index < -0.39 is 29.8 Å². The molecule has 8 heteroatoms. The number of carboxylic acids is 1. The Labute approximate surface area is 103 Å². The summed E-state index contributed by atoms with van der Waals surface area (Å²) in [6.07, 6.45) is -4.57. The molecular weight excluding hydrogens is 253 g/mol. The number of hydrogen-bond donors (Lipinski definition) is 3. The second kappa shape index (κ2) is 5.92. The van der Waals surface area contributed by atoms with Gasteiger partial charge in [-0.15, -0.1) is 0 Å². The topological polar surface area (TPSA) is 78.4 Å². The number of halogens is 3. The molecule has 0 bridgehead atoms. The van der Waals surface area contributed by atoms with Crippen molar-refractivity contribution >= 4 is 12.0 Å². The van der Waals surface area contributed by atoms with Crippen LogP contribution in [0.5, 0.6) is 0 Å². The van der Waals surface area contributed by atoms with Crippen LogP contribution in [0.25, 0.3) is 0 Å². The molecule has 2 amide bonds. The van der Waals surface area contributed by atoms with Crippen molar-refractivity contribution in [3.05, 3.63) is 0 Å². The van der Waals surface area contributed by atoms with E-state index in [0.29, 0.717) is 0 Å². The van der Waals surface area contributed by atoms with Crippen LogP contribution in [0.3, 0.4) is 0 Å². The Bertz CT molecular complexity index is 316. The van der Waals surface area contributed by atoms with E-state index in [-0.39, 0.29) is 12.8 Å². The fourth-order valence-corrected chi connectivity index (χ4v) is 1.10. The number of carboxylic acid groups (broad SMARTS) is 1. The van der Waals surface area contributed by atoms with Gasteiger partial charge in [-0.3, -0.25) is 4.79 Å². The Morgan fingerprint density at radius 1 is 1.28 bits per heavy atom. The molecule has 0 fully saturated rings. The second-order valence-electron chi connectivity index (χ2n) is 4.64. The summed E-state index contributed by atoms with van der Waals surface area (Å²) in [4.78, 5) is 21.7. The van der Waals surface area contributed by atoms with Gasteiger partial charge in [0.15, 0.2) is 0 Å². The highest BCUT2D eigenvalue weighted by molar-refractivity contribution is 5.75. The van der Waals surface area contributed by atoms with E-state index in [1.807, 2.05) is 0 Å². The molecule has 0 aliphatic carbocycles. The monoisotopic (exact) mass is 270 g/mol. The third kappa shape index (κ3) is 6.97. The molecule has 106 valence electrons.